The number of ether oxygens (including phenoxy) is 1. The SMILES string of the molecule is CNCCCC(=O)NCC(O)COc1cccc(Cl)c1Cl. The normalized spacial score (nSPS) is 12.0. The third-order valence-corrected chi connectivity index (χ3v) is 3.51. The maximum atomic E-state index is 11.5. The van der Waals surface area contributed by atoms with Gasteiger partial charge in [0, 0.05) is 13.0 Å². The van der Waals surface area contributed by atoms with Gasteiger partial charge >= 0.3 is 0 Å². The summed E-state index contributed by atoms with van der Waals surface area (Å²) in [7, 11) is 1.83. The van der Waals surface area contributed by atoms with Crippen LogP contribution in [0.25, 0.3) is 0 Å². The van der Waals surface area contributed by atoms with Gasteiger partial charge in [-0.2, -0.15) is 0 Å². The zero-order valence-corrected chi connectivity index (χ0v) is 13.4. The van der Waals surface area contributed by atoms with E-state index in [1.807, 2.05) is 7.05 Å². The van der Waals surface area contributed by atoms with Gasteiger partial charge in [-0.3, -0.25) is 4.79 Å². The minimum atomic E-state index is -0.812. The van der Waals surface area contributed by atoms with E-state index in [0.717, 1.165) is 13.0 Å². The first-order chi connectivity index (χ1) is 10.0. The number of aliphatic hydroxyl groups is 1. The van der Waals surface area contributed by atoms with E-state index in [-0.39, 0.29) is 19.1 Å². The first kappa shape index (κ1) is 18.0. The molecule has 0 fully saturated rings. The average Bonchev–Trinajstić information content (AvgIpc) is 2.47. The fourth-order valence-electron chi connectivity index (χ4n) is 1.59. The summed E-state index contributed by atoms with van der Waals surface area (Å²) in [6.45, 7) is 0.944. The van der Waals surface area contributed by atoms with Gasteiger partial charge in [0.15, 0.2) is 0 Å². The van der Waals surface area contributed by atoms with Crippen molar-refractivity contribution in [3.8, 4) is 5.75 Å². The van der Waals surface area contributed by atoms with E-state index in [1.165, 1.54) is 0 Å². The number of amides is 1. The summed E-state index contributed by atoms with van der Waals surface area (Å²) >= 11 is 11.8. The van der Waals surface area contributed by atoms with E-state index in [0.29, 0.717) is 22.2 Å². The second kappa shape index (κ2) is 9.84. The van der Waals surface area contributed by atoms with Crippen LogP contribution < -0.4 is 15.4 Å². The lowest BCUT2D eigenvalue weighted by atomic mass is 10.3. The molecule has 0 aliphatic carbocycles. The first-order valence-corrected chi connectivity index (χ1v) is 7.46. The van der Waals surface area contributed by atoms with Crippen molar-refractivity contribution in [2.24, 2.45) is 0 Å². The molecule has 21 heavy (non-hydrogen) atoms. The third kappa shape index (κ3) is 7.00. The molecule has 3 N–H and O–H groups in total. The molecule has 0 aliphatic rings. The van der Waals surface area contributed by atoms with Crippen LogP contribution in [0.5, 0.6) is 5.75 Å². The van der Waals surface area contributed by atoms with Gasteiger partial charge in [-0.05, 0) is 32.1 Å². The summed E-state index contributed by atoms with van der Waals surface area (Å²) in [6.07, 6.45) is 0.370. The van der Waals surface area contributed by atoms with E-state index < -0.39 is 6.10 Å². The van der Waals surface area contributed by atoms with Crippen LogP contribution in [0.15, 0.2) is 18.2 Å². The Morgan fingerprint density at radius 2 is 2.19 bits per heavy atom. The minimum absolute atomic E-state index is 0.0247. The number of carbonyl (C=O) groups is 1. The number of rotatable bonds is 9. The van der Waals surface area contributed by atoms with Crippen LogP contribution in [0, 0.1) is 0 Å². The van der Waals surface area contributed by atoms with Crippen LogP contribution in [0.1, 0.15) is 12.8 Å². The van der Waals surface area contributed by atoms with Crippen molar-refractivity contribution in [3.63, 3.8) is 0 Å². The molecule has 1 aromatic rings. The fraction of sp³-hybridized carbons (Fsp3) is 0.500. The lowest BCUT2D eigenvalue weighted by Crippen LogP contribution is -2.35. The minimum Gasteiger partial charge on any atom is -0.489 e. The van der Waals surface area contributed by atoms with Gasteiger partial charge in [0.2, 0.25) is 5.91 Å². The Balaban J connectivity index is 2.26. The van der Waals surface area contributed by atoms with Crippen LogP contribution in [-0.2, 0) is 4.79 Å². The van der Waals surface area contributed by atoms with Gasteiger partial charge in [0.25, 0.3) is 0 Å². The van der Waals surface area contributed by atoms with Gasteiger partial charge in [-0.25, -0.2) is 0 Å². The monoisotopic (exact) mass is 334 g/mol. The number of hydrogen-bond acceptors (Lipinski definition) is 4. The molecule has 0 heterocycles. The van der Waals surface area contributed by atoms with Gasteiger partial charge in [-0.15, -0.1) is 0 Å². The fourth-order valence-corrected chi connectivity index (χ4v) is 1.93. The number of hydrogen-bond donors (Lipinski definition) is 3. The zero-order valence-electron chi connectivity index (χ0n) is 11.9. The maximum absolute atomic E-state index is 11.5. The van der Waals surface area contributed by atoms with Crippen molar-refractivity contribution in [3.05, 3.63) is 28.2 Å². The molecule has 7 heteroatoms. The first-order valence-electron chi connectivity index (χ1n) is 6.70. The highest BCUT2D eigenvalue weighted by atomic mass is 35.5. The number of carbonyl (C=O) groups excluding carboxylic acids is 1. The van der Waals surface area contributed by atoms with Crippen molar-refractivity contribution in [2.45, 2.75) is 18.9 Å². The highest BCUT2D eigenvalue weighted by Gasteiger charge is 2.10. The maximum Gasteiger partial charge on any atom is 0.220 e. The van der Waals surface area contributed by atoms with E-state index in [4.69, 9.17) is 27.9 Å². The molecule has 0 aromatic heterocycles. The Morgan fingerprint density at radius 1 is 1.43 bits per heavy atom. The molecule has 1 unspecified atom stereocenters. The van der Waals surface area contributed by atoms with Crippen molar-refractivity contribution in [1.82, 2.24) is 10.6 Å². The van der Waals surface area contributed by atoms with E-state index in [2.05, 4.69) is 10.6 Å². The van der Waals surface area contributed by atoms with Crippen LogP contribution >= 0.6 is 23.2 Å². The van der Waals surface area contributed by atoms with Gasteiger partial charge in [0.05, 0.1) is 5.02 Å². The van der Waals surface area contributed by atoms with Crippen LogP contribution in [0.3, 0.4) is 0 Å². The van der Waals surface area contributed by atoms with Gasteiger partial charge < -0.3 is 20.5 Å². The Labute approximate surface area is 134 Å². The number of benzene rings is 1. The van der Waals surface area contributed by atoms with Gasteiger partial charge in [0.1, 0.15) is 23.5 Å². The molecular weight excluding hydrogens is 315 g/mol. The van der Waals surface area contributed by atoms with Crippen molar-refractivity contribution in [1.29, 1.82) is 0 Å². The Kier molecular flexibility index (Phi) is 8.45. The summed E-state index contributed by atoms with van der Waals surface area (Å²) in [6, 6.07) is 5.02. The molecule has 0 radical (unpaired) electrons. The number of aliphatic hydroxyl groups excluding tert-OH is 1. The molecule has 0 aliphatic heterocycles. The molecule has 0 spiro atoms. The predicted octanol–water partition coefficient (Wildman–Crippen LogP) is 1.85. The van der Waals surface area contributed by atoms with Crippen molar-refractivity contribution >= 4 is 29.1 Å². The molecular formula is C14H20Cl2N2O3. The quantitative estimate of drug-likeness (QED) is 0.603. The predicted molar refractivity (Wildman–Crippen MR) is 84.1 cm³/mol. The lowest BCUT2D eigenvalue weighted by Gasteiger charge is -2.14. The Morgan fingerprint density at radius 3 is 2.90 bits per heavy atom. The highest BCUT2D eigenvalue weighted by Crippen LogP contribution is 2.31. The zero-order chi connectivity index (χ0) is 15.7. The topological polar surface area (TPSA) is 70.6 Å². The molecule has 0 saturated carbocycles. The standard InChI is InChI=1S/C14H20Cl2N2O3/c1-17-7-3-6-13(20)18-8-10(19)9-21-12-5-2-4-11(15)14(12)16/h2,4-5,10,17,19H,3,6-9H2,1H3,(H,18,20). The Hall–Kier alpha value is -1.01. The number of nitrogens with one attached hydrogen (secondary N) is 2. The van der Waals surface area contributed by atoms with Crippen molar-refractivity contribution < 1.29 is 14.6 Å². The van der Waals surface area contributed by atoms with E-state index in [9.17, 15) is 9.90 Å². The molecule has 1 aromatic carbocycles. The summed E-state index contributed by atoms with van der Waals surface area (Å²) in [4.78, 5) is 11.5. The Bertz CT molecular complexity index is 458. The molecule has 0 saturated heterocycles. The molecule has 118 valence electrons. The van der Waals surface area contributed by atoms with Crippen LogP contribution in [0.2, 0.25) is 10.0 Å². The highest BCUT2D eigenvalue weighted by molar-refractivity contribution is 6.42. The second-order valence-corrected chi connectivity index (χ2v) is 5.31. The third-order valence-electron chi connectivity index (χ3n) is 2.71. The van der Waals surface area contributed by atoms with Gasteiger partial charge in [-0.1, -0.05) is 29.3 Å². The summed E-state index contributed by atoms with van der Waals surface area (Å²) in [5, 5.41) is 16.1. The smallest absolute Gasteiger partial charge is 0.220 e. The lowest BCUT2D eigenvalue weighted by molar-refractivity contribution is -0.121. The van der Waals surface area contributed by atoms with Crippen LogP contribution in [0.4, 0.5) is 0 Å². The molecule has 0 bridgehead atoms. The van der Waals surface area contributed by atoms with E-state index >= 15 is 0 Å². The average molecular weight is 335 g/mol. The molecule has 1 atom stereocenters. The van der Waals surface area contributed by atoms with Crippen molar-refractivity contribution in [2.75, 3.05) is 26.7 Å². The van der Waals surface area contributed by atoms with E-state index in [1.54, 1.807) is 18.2 Å². The molecule has 1 amide bonds. The molecule has 1 rings (SSSR count). The van der Waals surface area contributed by atoms with Crippen LogP contribution in [-0.4, -0.2) is 43.9 Å². The largest absolute Gasteiger partial charge is 0.489 e. The summed E-state index contributed by atoms with van der Waals surface area (Å²) in [5.74, 6) is 0.314. The summed E-state index contributed by atoms with van der Waals surface area (Å²) < 4.78 is 5.38. The summed E-state index contributed by atoms with van der Waals surface area (Å²) in [5.41, 5.74) is 0. The number of halogens is 2. The molecule has 5 nitrogen and oxygen atoms in total. The second-order valence-electron chi connectivity index (χ2n) is 4.53.